The van der Waals surface area contributed by atoms with Crippen LogP contribution in [-0.4, -0.2) is 35.8 Å². The third kappa shape index (κ3) is 4.63. The monoisotopic (exact) mass is 510 g/mol. The summed E-state index contributed by atoms with van der Waals surface area (Å²) in [5.41, 5.74) is 2.99. The number of hydrogen-bond donors (Lipinski definition) is 1. The molecule has 5 rings (SSSR count). The maximum Gasteiger partial charge on any atom is 0.328 e. The predicted octanol–water partition coefficient (Wildman–Crippen LogP) is 6.05. The molecule has 0 bridgehead atoms. The van der Waals surface area contributed by atoms with Crippen molar-refractivity contribution in [2.45, 2.75) is 26.4 Å². The Morgan fingerprint density at radius 2 is 1.63 bits per heavy atom. The van der Waals surface area contributed by atoms with Gasteiger partial charge in [-0.25, -0.2) is 9.18 Å². The van der Waals surface area contributed by atoms with E-state index < -0.39 is 23.7 Å². The summed E-state index contributed by atoms with van der Waals surface area (Å²) in [6, 6.07) is 22.2. The number of nitrogens with one attached hydrogen (secondary N) is 1. The zero-order valence-electron chi connectivity index (χ0n) is 21.3. The maximum absolute atomic E-state index is 15.1. The lowest BCUT2D eigenvalue weighted by Crippen LogP contribution is -2.45. The van der Waals surface area contributed by atoms with Gasteiger partial charge in [-0.05, 0) is 63.7 Å². The molecular formula is C31H27FN2O4. The van der Waals surface area contributed by atoms with E-state index in [9.17, 15) is 14.4 Å². The molecule has 0 radical (unpaired) electrons. The van der Waals surface area contributed by atoms with Crippen LogP contribution in [0.4, 0.5) is 10.1 Å². The van der Waals surface area contributed by atoms with E-state index in [1.54, 1.807) is 24.3 Å². The lowest BCUT2D eigenvalue weighted by Gasteiger charge is -2.28. The van der Waals surface area contributed by atoms with Crippen molar-refractivity contribution in [2.75, 3.05) is 12.4 Å². The van der Waals surface area contributed by atoms with Gasteiger partial charge in [-0.15, -0.1) is 0 Å². The number of benzene rings is 4. The quantitative estimate of drug-likeness (QED) is 0.320. The first kappa shape index (κ1) is 25.1. The van der Waals surface area contributed by atoms with Gasteiger partial charge in [0.25, 0.3) is 11.8 Å². The van der Waals surface area contributed by atoms with Crippen molar-refractivity contribution in [3.8, 4) is 11.1 Å². The molecule has 1 atom stereocenters. The highest BCUT2D eigenvalue weighted by Crippen LogP contribution is 2.32. The number of amides is 2. The molecule has 4 aromatic rings. The van der Waals surface area contributed by atoms with Crippen molar-refractivity contribution in [3.63, 3.8) is 0 Å². The summed E-state index contributed by atoms with van der Waals surface area (Å²) in [6.45, 7) is 4.04. The number of methoxy groups -OCH3 is 1. The van der Waals surface area contributed by atoms with E-state index in [1.807, 2.05) is 56.3 Å². The minimum atomic E-state index is -0.689. The first-order chi connectivity index (χ1) is 18.3. The van der Waals surface area contributed by atoms with E-state index in [1.165, 1.54) is 24.1 Å². The van der Waals surface area contributed by atoms with Crippen molar-refractivity contribution in [2.24, 2.45) is 5.92 Å². The Bertz CT molecular complexity index is 1580. The van der Waals surface area contributed by atoms with Crippen molar-refractivity contribution in [3.05, 3.63) is 101 Å². The number of fused-ring (bicyclic) bond motifs is 2. The summed E-state index contributed by atoms with van der Waals surface area (Å²) in [5.74, 6) is -1.83. The molecule has 0 unspecified atom stereocenters. The van der Waals surface area contributed by atoms with Crippen LogP contribution in [0.5, 0.6) is 0 Å². The molecule has 0 aromatic heterocycles. The van der Waals surface area contributed by atoms with E-state index in [2.05, 4.69) is 5.32 Å². The van der Waals surface area contributed by atoms with Crippen molar-refractivity contribution >= 4 is 34.2 Å². The molecule has 6 nitrogen and oxygen atoms in total. The normalized spacial score (nSPS) is 13.5. The van der Waals surface area contributed by atoms with Crippen LogP contribution in [0.1, 0.15) is 40.1 Å². The Morgan fingerprint density at radius 1 is 0.921 bits per heavy atom. The van der Waals surface area contributed by atoms with Crippen molar-refractivity contribution < 1.29 is 23.5 Å². The molecule has 1 aliphatic rings. The molecule has 192 valence electrons. The predicted molar refractivity (Wildman–Crippen MR) is 144 cm³/mol. The highest BCUT2D eigenvalue weighted by atomic mass is 19.1. The molecule has 1 heterocycles. The molecule has 1 N–H and O–H groups in total. The first-order valence-corrected chi connectivity index (χ1v) is 12.4. The second kappa shape index (κ2) is 10.1. The van der Waals surface area contributed by atoms with Gasteiger partial charge in [0.15, 0.2) is 0 Å². The van der Waals surface area contributed by atoms with Gasteiger partial charge in [0, 0.05) is 17.7 Å². The number of halogens is 1. The summed E-state index contributed by atoms with van der Waals surface area (Å²) >= 11 is 0. The molecule has 0 saturated carbocycles. The fraction of sp³-hybridized carbons (Fsp3) is 0.194. The molecular weight excluding hydrogens is 483 g/mol. The number of carbonyl (C=O) groups excluding carboxylic acids is 3. The topological polar surface area (TPSA) is 75.7 Å². The average molecular weight is 511 g/mol. The number of esters is 1. The standard InChI is InChI=1S/C31H27FN2O4/c1-18(2)28(31(37)38-3)34-17-24-11-9-21(15-25(24)30(34)36)22-12-13-27(26(32)16-22)33-29(35)23-10-8-19-6-4-5-7-20(19)14-23/h4-16,18,28H,17H2,1-3H3,(H,33,35)/t28-/m0/s1. The van der Waals surface area contributed by atoms with Crippen LogP contribution >= 0.6 is 0 Å². The summed E-state index contributed by atoms with van der Waals surface area (Å²) in [4.78, 5) is 39.8. The highest BCUT2D eigenvalue weighted by Gasteiger charge is 2.38. The van der Waals surface area contributed by atoms with E-state index >= 15 is 4.39 Å². The zero-order chi connectivity index (χ0) is 27.0. The molecule has 0 aliphatic carbocycles. The van der Waals surface area contributed by atoms with Crippen LogP contribution in [0.2, 0.25) is 0 Å². The van der Waals surface area contributed by atoms with Crippen LogP contribution in [-0.2, 0) is 16.1 Å². The highest BCUT2D eigenvalue weighted by molar-refractivity contribution is 6.06. The number of hydrogen-bond acceptors (Lipinski definition) is 4. The lowest BCUT2D eigenvalue weighted by atomic mass is 10.00. The zero-order valence-corrected chi connectivity index (χ0v) is 21.3. The third-order valence-corrected chi connectivity index (χ3v) is 6.91. The largest absolute Gasteiger partial charge is 0.467 e. The number of nitrogens with zero attached hydrogens (tertiary/aromatic N) is 1. The summed E-state index contributed by atoms with van der Waals surface area (Å²) in [7, 11) is 1.31. The summed E-state index contributed by atoms with van der Waals surface area (Å²) < 4.78 is 20.0. The van der Waals surface area contributed by atoms with Gasteiger partial charge < -0.3 is 15.0 Å². The Morgan fingerprint density at radius 3 is 2.34 bits per heavy atom. The Labute approximate surface area is 220 Å². The molecule has 4 aromatic carbocycles. The molecule has 2 amide bonds. The van der Waals surface area contributed by atoms with Gasteiger partial charge in [0.1, 0.15) is 11.9 Å². The Kier molecular flexibility index (Phi) is 6.68. The van der Waals surface area contributed by atoms with Gasteiger partial charge >= 0.3 is 5.97 Å². The van der Waals surface area contributed by atoms with E-state index in [4.69, 9.17) is 4.74 Å². The van der Waals surface area contributed by atoms with Crippen LogP contribution < -0.4 is 5.32 Å². The third-order valence-electron chi connectivity index (χ3n) is 6.91. The minimum Gasteiger partial charge on any atom is -0.467 e. The number of rotatable bonds is 6. The van der Waals surface area contributed by atoms with E-state index in [-0.39, 0.29) is 17.5 Å². The number of anilines is 1. The van der Waals surface area contributed by atoms with Gasteiger partial charge in [0.05, 0.1) is 12.8 Å². The number of ether oxygens (including phenoxy) is 1. The molecule has 7 heteroatoms. The maximum atomic E-state index is 15.1. The van der Waals surface area contributed by atoms with Gasteiger partial charge in [-0.3, -0.25) is 9.59 Å². The molecule has 0 fully saturated rings. The smallest absolute Gasteiger partial charge is 0.328 e. The SMILES string of the molecule is COC(=O)[C@H](C(C)C)N1Cc2ccc(-c3ccc(NC(=O)c4ccc5ccccc5c4)c(F)c3)cc2C1=O. The van der Waals surface area contributed by atoms with Gasteiger partial charge in [0.2, 0.25) is 0 Å². The molecule has 0 spiro atoms. The Balaban J connectivity index is 1.36. The van der Waals surface area contributed by atoms with Crippen molar-refractivity contribution in [1.29, 1.82) is 0 Å². The molecule has 38 heavy (non-hydrogen) atoms. The fourth-order valence-corrected chi connectivity index (χ4v) is 4.93. The summed E-state index contributed by atoms with van der Waals surface area (Å²) in [5, 5.41) is 4.58. The van der Waals surface area contributed by atoms with E-state index in [0.29, 0.717) is 28.8 Å². The minimum absolute atomic E-state index is 0.0631. The molecule has 0 saturated heterocycles. The van der Waals surface area contributed by atoms with Crippen LogP contribution in [0.3, 0.4) is 0 Å². The number of carbonyl (C=O) groups is 3. The van der Waals surface area contributed by atoms with Gasteiger partial charge in [-0.1, -0.05) is 62.4 Å². The second-order valence-electron chi connectivity index (χ2n) is 9.73. The van der Waals surface area contributed by atoms with Crippen LogP contribution in [0, 0.1) is 11.7 Å². The summed E-state index contributed by atoms with van der Waals surface area (Å²) in [6.07, 6.45) is 0. The first-order valence-electron chi connectivity index (χ1n) is 12.4. The van der Waals surface area contributed by atoms with E-state index in [0.717, 1.165) is 16.3 Å². The van der Waals surface area contributed by atoms with Crippen LogP contribution in [0.25, 0.3) is 21.9 Å². The van der Waals surface area contributed by atoms with Crippen molar-refractivity contribution in [1.82, 2.24) is 4.90 Å². The fourth-order valence-electron chi connectivity index (χ4n) is 4.93. The van der Waals surface area contributed by atoms with Gasteiger partial charge in [-0.2, -0.15) is 0 Å². The molecule has 1 aliphatic heterocycles. The van der Waals surface area contributed by atoms with Crippen LogP contribution in [0.15, 0.2) is 78.9 Å². The average Bonchev–Trinajstić information content (AvgIpc) is 3.24. The second-order valence-corrected chi connectivity index (χ2v) is 9.73. The Hall–Kier alpha value is -4.52. The lowest BCUT2D eigenvalue weighted by molar-refractivity contribution is -0.147.